The lowest BCUT2D eigenvalue weighted by atomic mass is 9.95. The zero-order valence-corrected chi connectivity index (χ0v) is 13.1. The van der Waals surface area contributed by atoms with Gasteiger partial charge in [-0.3, -0.25) is 0 Å². The molecule has 0 spiro atoms. The van der Waals surface area contributed by atoms with Gasteiger partial charge in [-0.1, -0.05) is 19.1 Å². The number of aliphatic hydroxyl groups excluding tert-OH is 1. The van der Waals surface area contributed by atoms with Crippen LogP contribution in [0.1, 0.15) is 45.3 Å². The summed E-state index contributed by atoms with van der Waals surface area (Å²) in [6.07, 6.45) is 1.24. The van der Waals surface area contributed by atoms with E-state index < -0.39 is 16.1 Å². The van der Waals surface area contributed by atoms with Crippen LogP contribution < -0.4 is 0 Å². The van der Waals surface area contributed by atoms with Crippen LogP contribution in [0.15, 0.2) is 29.2 Å². The van der Waals surface area contributed by atoms with Crippen LogP contribution in [0.4, 0.5) is 0 Å². The van der Waals surface area contributed by atoms with Crippen molar-refractivity contribution in [3.63, 3.8) is 0 Å². The largest absolute Gasteiger partial charge is 0.389 e. The van der Waals surface area contributed by atoms with Gasteiger partial charge in [0.25, 0.3) is 0 Å². The maximum absolute atomic E-state index is 12.6. The fraction of sp³-hybridized carbons (Fsp3) is 0.600. The summed E-state index contributed by atoms with van der Waals surface area (Å²) < 4.78 is 26.9. The maximum atomic E-state index is 12.6. The lowest BCUT2D eigenvalue weighted by Crippen LogP contribution is -2.44. The van der Waals surface area contributed by atoms with Crippen molar-refractivity contribution in [2.24, 2.45) is 5.92 Å². The van der Waals surface area contributed by atoms with Crippen LogP contribution in [0.2, 0.25) is 0 Å². The number of nitrogens with zero attached hydrogens (tertiary/aromatic N) is 1. The molecule has 1 aromatic rings. The summed E-state index contributed by atoms with van der Waals surface area (Å²) in [4.78, 5) is 0.309. The molecule has 3 atom stereocenters. The Morgan fingerprint density at radius 2 is 1.85 bits per heavy atom. The van der Waals surface area contributed by atoms with E-state index in [0.717, 1.165) is 18.4 Å². The molecule has 1 aliphatic heterocycles. The highest BCUT2D eigenvalue weighted by Crippen LogP contribution is 2.28. The van der Waals surface area contributed by atoms with Crippen molar-refractivity contribution >= 4 is 10.0 Å². The lowest BCUT2D eigenvalue weighted by Gasteiger charge is -2.35. The molecule has 1 aromatic carbocycles. The Balaban J connectivity index is 2.26. The molecule has 5 heteroatoms. The van der Waals surface area contributed by atoms with Crippen LogP contribution in [-0.2, 0) is 10.0 Å². The molecular weight excluding hydrogens is 274 g/mol. The Kier molecular flexibility index (Phi) is 4.52. The summed E-state index contributed by atoms with van der Waals surface area (Å²) in [6, 6.07) is 6.56. The molecule has 20 heavy (non-hydrogen) atoms. The number of hydrogen-bond acceptors (Lipinski definition) is 3. The highest BCUT2D eigenvalue weighted by atomic mass is 32.2. The van der Waals surface area contributed by atoms with Gasteiger partial charge in [0.15, 0.2) is 0 Å². The second-order valence-electron chi connectivity index (χ2n) is 5.84. The molecule has 1 aliphatic rings. The van der Waals surface area contributed by atoms with Gasteiger partial charge in [-0.25, -0.2) is 8.42 Å². The van der Waals surface area contributed by atoms with Gasteiger partial charge in [0, 0.05) is 12.6 Å². The van der Waals surface area contributed by atoms with Gasteiger partial charge in [-0.15, -0.1) is 0 Å². The third-order valence-electron chi connectivity index (χ3n) is 4.05. The third kappa shape index (κ3) is 3.05. The Labute approximate surface area is 121 Å². The Hall–Kier alpha value is -0.910. The van der Waals surface area contributed by atoms with Crippen LogP contribution in [0.5, 0.6) is 0 Å². The number of hydrogen-bond donors (Lipinski definition) is 1. The Morgan fingerprint density at radius 3 is 2.35 bits per heavy atom. The van der Waals surface area contributed by atoms with Crippen LogP contribution in [0, 0.1) is 5.92 Å². The lowest BCUT2D eigenvalue weighted by molar-refractivity contribution is 0.199. The molecule has 0 aliphatic carbocycles. The van der Waals surface area contributed by atoms with Gasteiger partial charge < -0.3 is 5.11 Å². The fourth-order valence-electron chi connectivity index (χ4n) is 2.80. The molecule has 1 heterocycles. The summed E-state index contributed by atoms with van der Waals surface area (Å²) in [6.45, 7) is 6.38. The van der Waals surface area contributed by atoms with E-state index >= 15 is 0 Å². The molecule has 0 saturated carbocycles. The van der Waals surface area contributed by atoms with E-state index in [1.54, 1.807) is 35.5 Å². The van der Waals surface area contributed by atoms with Gasteiger partial charge in [-0.05, 0) is 50.3 Å². The van der Waals surface area contributed by atoms with Gasteiger partial charge in [-0.2, -0.15) is 4.31 Å². The van der Waals surface area contributed by atoms with Crippen molar-refractivity contribution in [3.8, 4) is 0 Å². The molecule has 0 radical (unpaired) electrons. The first kappa shape index (κ1) is 15.5. The van der Waals surface area contributed by atoms with Crippen molar-refractivity contribution in [1.29, 1.82) is 0 Å². The molecule has 4 nitrogen and oxygen atoms in total. The molecule has 0 aromatic heterocycles. The minimum Gasteiger partial charge on any atom is -0.389 e. The minimum absolute atomic E-state index is 0.0418. The van der Waals surface area contributed by atoms with Crippen LogP contribution in [-0.4, -0.2) is 30.4 Å². The number of aliphatic hydroxyl groups is 1. The van der Waals surface area contributed by atoms with E-state index in [9.17, 15) is 13.5 Å². The second kappa shape index (κ2) is 5.84. The van der Waals surface area contributed by atoms with Crippen molar-refractivity contribution in [3.05, 3.63) is 29.8 Å². The van der Waals surface area contributed by atoms with E-state index in [0.29, 0.717) is 17.4 Å². The normalized spacial score (nSPS) is 26.4. The molecule has 1 N–H and O–H groups in total. The van der Waals surface area contributed by atoms with Gasteiger partial charge in [0.1, 0.15) is 0 Å². The van der Waals surface area contributed by atoms with Crippen LogP contribution in [0.25, 0.3) is 0 Å². The van der Waals surface area contributed by atoms with E-state index in [1.165, 1.54) is 0 Å². The van der Waals surface area contributed by atoms with Crippen molar-refractivity contribution in [2.75, 3.05) is 6.54 Å². The molecular formula is C15H23NO3S. The summed E-state index contributed by atoms with van der Waals surface area (Å²) in [5, 5.41) is 9.48. The fourth-order valence-corrected chi connectivity index (χ4v) is 4.45. The van der Waals surface area contributed by atoms with E-state index in [4.69, 9.17) is 0 Å². The van der Waals surface area contributed by atoms with E-state index in [-0.39, 0.29) is 6.04 Å². The van der Waals surface area contributed by atoms with Gasteiger partial charge >= 0.3 is 0 Å². The van der Waals surface area contributed by atoms with E-state index in [2.05, 4.69) is 6.92 Å². The zero-order valence-electron chi connectivity index (χ0n) is 12.3. The molecule has 3 unspecified atom stereocenters. The minimum atomic E-state index is -3.43. The summed E-state index contributed by atoms with van der Waals surface area (Å²) >= 11 is 0. The zero-order chi connectivity index (χ0) is 14.9. The van der Waals surface area contributed by atoms with Gasteiger partial charge in [0.2, 0.25) is 10.0 Å². The summed E-state index contributed by atoms with van der Waals surface area (Å²) in [5.74, 6) is 0.578. The van der Waals surface area contributed by atoms with Crippen LogP contribution >= 0.6 is 0 Å². The van der Waals surface area contributed by atoms with Crippen LogP contribution in [0.3, 0.4) is 0 Å². The smallest absolute Gasteiger partial charge is 0.243 e. The summed E-state index contributed by atoms with van der Waals surface area (Å²) in [5.41, 5.74) is 0.726. The average Bonchev–Trinajstić information content (AvgIpc) is 2.38. The standard InChI is InChI=1S/C15H23NO3S/c1-11-8-9-16(12(2)10-11)20(18,19)15-6-4-14(5-7-15)13(3)17/h4-7,11-13,17H,8-10H2,1-3H3. The number of sulfonamides is 1. The topological polar surface area (TPSA) is 57.6 Å². The molecule has 2 rings (SSSR count). The SMILES string of the molecule is CC1CCN(S(=O)(=O)c2ccc(C(C)O)cc2)C(C)C1. The third-order valence-corrected chi connectivity index (χ3v) is 6.07. The quantitative estimate of drug-likeness (QED) is 0.933. The van der Waals surface area contributed by atoms with Crippen molar-refractivity contribution in [2.45, 2.75) is 50.7 Å². The monoisotopic (exact) mass is 297 g/mol. The molecule has 1 fully saturated rings. The predicted octanol–water partition coefficient (Wildman–Crippen LogP) is 2.55. The molecule has 112 valence electrons. The number of rotatable bonds is 3. The highest BCUT2D eigenvalue weighted by molar-refractivity contribution is 7.89. The first-order valence-electron chi connectivity index (χ1n) is 7.12. The Bertz CT molecular complexity index is 551. The maximum Gasteiger partial charge on any atom is 0.243 e. The number of benzene rings is 1. The first-order chi connectivity index (χ1) is 9.32. The van der Waals surface area contributed by atoms with E-state index in [1.807, 2.05) is 6.92 Å². The first-order valence-corrected chi connectivity index (χ1v) is 8.56. The number of piperidine rings is 1. The highest BCUT2D eigenvalue weighted by Gasteiger charge is 2.33. The second-order valence-corrected chi connectivity index (χ2v) is 7.73. The molecule has 1 saturated heterocycles. The van der Waals surface area contributed by atoms with Crippen molar-refractivity contribution in [1.82, 2.24) is 4.31 Å². The summed E-state index contributed by atoms with van der Waals surface area (Å²) in [7, 11) is -3.43. The van der Waals surface area contributed by atoms with Crippen molar-refractivity contribution < 1.29 is 13.5 Å². The Morgan fingerprint density at radius 1 is 1.25 bits per heavy atom. The molecule has 0 amide bonds. The molecule has 0 bridgehead atoms. The predicted molar refractivity (Wildman–Crippen MR) is 78.8 cm³/mol. The average molecular weight is 297 g/mol. The van der Waals surface area contributed by atoms with Gasteiger partial charge in [0.05, 0.1) is 11.0 Å².